The highest BCUT2D eigenvalue weighted by atomic mass is 32.1. The Morgan fingerprint density at radius 3 is 2.65 bits per heavy atom. The molecular formula is C23H29N7S. The first-order valence-electron chi connectivity index (χ1n) is 11.0. The first-order valence-corrected chi connectivity index (χ1v) is 11.8. The lowest BCUT2D eigenvalue weighted by Crippen LogP contribution is -2.28. The monoisotopic (exact) mass is 435 g/mol. The van der Waals surface area contributed by atoms with Gasteiger partial charge in [-0.25, -0.2) is 14.5 Å². The van der Waals surface area contributed by atoms with Crippen LogP contribution in [0.25, 0.3) is 27.6 Å². The molecule has 5 rings (SSSR count). The summed E-state index contributed by atoms with van der Waals surface area (Å²) in [5.41, 5.74) is 7.60. The Balaban J connectivity index is 1.57. The number of thiazole rings is 1. The van der Waals surface area contributed by atoms with Gasteiger partial charge in [0.15, 0.2) is 5.65 Å². The molecule has 1 aliphatic heterocycles. The molecule has 5 heterocycles. The maximum Gasteiger partial charge on any atom is 0.158 e. The van der Waals surface area contributed by atoms with E-state index in [1.54, 1.807) is 17.7 Å². The molecule has 4 aromatic rings. The summed E-state index contributed by atoms with van der Waals surface area (Å²) in [6, 6.07) is 0. The largest absolute Gasteiger partial charge is 0.306 e. The van der Waals surface area contributed by atoms with Crippen LogP contribution in [0.3, 0.4) is 0 Å². The third kappa shape index (κ3) is 3.47. The molecule has 1 aliphatic rings. The molecule has 0 aromatic carbocycles. The number of likely N-dealkylation sites (tertiary alicyclic amines) is 1. The Bertz CT molecular complexity index is 1220. The Morgan fingerprint density at radius 1 is 1.13 bits per heavy atom. The number of aromatic amines is 1. The Kier molecular flexibility index (Phi) is 5.14. The first kappa shape index (κ1) is 20.3. The highest BCUT2D eigenvalue weighted by molar-refractivity contribution is 7.15. The number of rotatable bonds is 4. The van der Waals surface area contributed by atoms with Gasteiger partial charge in [-0.15, -0.1) is 11.3 Å². The van der Waals surface area contributed by atoms with Gasteiger partial charge in [0.25, 0.3) is 0 Å². The summed E-state index contributed by atoms with van der Waals surface area (Å²) >= 11 is 1.81. The van der Waals surface area contributed by atoms with E-state index < -0.39 is 0 Å². The Hall–Kier alpha value is -2.58. The van der Waals surface area contributed by atoms with Crippen molar-refractivity contribution < 1.29 is 0 Å². The van der Waals surface area contributed by atoms with Crippen molar-refractivity contribution in [3.8, 4) is 22.0 Å². The van der Waals surface area contributed by atoms with E-state index in [9.17, 15) is 0 Å². The van der Waals surface area contributed by atoms with Gasteiger partial charge in [0.2, 0.25) is 0 Å². The number of hydrogen-bond donors (Lipinski definition) is 1. The molecule has 1 saturated heterocycles. The van der Waals surface area contributed by atoms with Crippen molar-refractivity contribution in [3.05, 3.63) is 40.3 Å². The van der Waals surface area contributed by atoms with E-state index >= 15 is 0 Å². The fourth-order valence-electron chi connectivity index (χ4n) is 4.61. The second-order valence-corrected chi connectivity index (χ2v) is 10.0. The van der Waals surface area contributed by atoms with Crippen LogP contribution in [-0.4, -0.2) is 54.8 Å². The molecule has 0 spiro atoms. The summed E-state index contributed by atoms with van der Waals surface area (Å²) < 4.78 is 1.85. The molecule has 0 saturated carbocycles. The number of nitrogens with zero attached hydrogens (tertiary/aromatic N) is 6. The number of aryl methyl sites for hydroxylation is 1. The molecule has 0 radical (unpaired) electrons. The minimum atomic E-state index is 0.311. The predicted molar refractivity (Wildman–Crippen MR) is 125 cm³/mol. The summed E-state index contributed by atoms with van der Waals surface area (Å²) in [6.45, 7) is 11.0. The van der Waals surface area contributed by atoms with Gasteiger partial charge in [-0.05, 0) is 69.8 Å². The topological polar surface area (TPSA) is 75.0 Å². The number of H-pyrrole nitrogens is 1. The summed E-state index contributed by atoms with van der Waals surface area (Å²) in [4.78, 5) is 13.0. The maximum absolute atomic E-state index is 4.81. The smallest absolute Gasteiger partial charge is 0.158 e. The van der Waals surface area contributed by atoms with E-state index in [1.807, 2.05) is 4.52 Å². The second kappa shape index (κ2) is 7.84. The zero-order chi connectivity index (χ0) is 21.7. The lowest BCUT2D eigenvalue weighted by molar-refractivity contribution is 0.257. The van der Waals surface area contributed by atoms with Gasteiger partial charge in [-0.2, -0.15) is 10.2 Å². The van der Waals surface area contributed by atoms with Crippen molar-refractivity contribution in [2.45, 2.75) is 52.4 Å². The molecule has 1 N–H and O–H groups in total. The zero-order valence-electron chi connectivity index (χ0n) is 18.8. The third-order valence-electron chi connectivity index (χ3n) is 6.62. The average Bonchev–Trinajstić information content (AvgIpc) is 3.49. The lowest BCUT2D eigenvalue weighted by atomic mass is 9.94. The molecule has 0 unspecified atom stereocenters. The summed E-state index contributed by atoms with van der Waals surface area (Å²) in [5.74, 6) is 0.925. The van der Waals surface area contributed by atoms with Crippen molar-refractivity contribution >= 4 is 17.0 Å². The molecule has 8 heteroatoms. The highest BCUT2D eigenvalue weighted by Crippen LogP contribution is 2.40. The quantitative estimate of drug-likeness (QED) is 0.499. The summed E-state index contributed by atoms with van der Waals surface area (Å²) in [5, 5.41) is 13.5. The maximum atomic E-state index is 4.81. The first-order chi connectivity index (χ1) is 14.9. The van der Waals surface area contributed by atoms with Crippen molar-refractivity contribution in [1.29, 1.82) is 0 Å². The van der Waals surface area contributed by atoms with Gasteiger partial charge < -0.3 is 4.90 Å². The van der Waals surface area contributed by atoms with Crippen LogP contribution in [0.2, 0.25) is 0 Å². The fraction of sp³-hybridized carbons (Fsp3) is 0.478. The van der Waals surface area contributed by atoms with Gasteiger partial charge in [-0.3, -0.25) is 5.10 Å². The molecule has 0 aliphatic carbocycles. The molecule has 0 bridgehead atoms. The van der Waals surface area contributed by atoms with E-state index in [0.717, 1.165) is 46.3 Å². The van der Waals surface area contributed by atoms with E-state index in [0.29, 0.717) is 11.8 Å². The van der Waals surface area contributed by atoms with Crippen LogP contribution < -0.4 is 0 Å². The van der Waals surface area contributed by atoms with Crippen LogP contribution in [0.15, 0.2) is 18.7 Å². The van der Waals surface area contributed by atoms with Crippen LogP contribution >= 0.6 is 11.3 Å². The number of pyridine rings is 1. The SMILES string of the molecule is Cc1c(-c2[nH]nc(-c3ncc(C4CCN(C)CC4)s3)c2C(C)C)cn2ncnc2c1C. The van der Waals surface area contributed by atoms with Crippen LogP contribution in [0.4, 0.5) is 0 Å². The van der Waals surface area contributed by atoms with Crippen LogP contribution in [0, 0.1) is 13.8 Å². The third-order valence-corrected chi connectivity index (χ3v) is 7.79. The Labute approximate surface area is 186 Å². The highest BCUT2D eigenvalue weighted by Gasteiger charge is 2.25. The molecule has 0 atom stereocenters. The van der Waals surface area contributed by atoms with Crippen molar-refractivity contribution in [2.24, 2.45) is 0 Å². The van der Waals surface area contributed by atoms with Gasteiger partial charge in [0, 0.05) is 28.4 Å². The van der Waals surface area contributed by atoms with Crippen LogP contribution in [-0.2, 0) is 0 Å². The summed E-state index contributed by atoms with van der Waals surface area (Å²) in [7, 11) is 2.20. The number of fused-ring (bicyclic) bond motifs is 1. The van der Waals surface area contributed by atoms with E-state index in [1.165, 1.54) is 28.8 Å². The molecule has 31 heavy (non-hydrogen) atoms. The minimum absolute atomic E-state index is 0.311. The van der Waals surface area contributed by atoms with Gasteiger partial charge in [-0.1, -0.05) is 13.8 Å². The van der Waals surface area contributed by atoms with Gasteiger partial charge in [0.1, 0.15) is 17.0 Å². The normalized spacial score (nSPS) is 16.1. The molecule has 7 nitrogen and oxygen atoms in total. The minimum Gasteiger partial charge on any atom is -0.306 e. The number of aromatic nitrogens is 6. The van der Waals surface area contributed by atoms with Gasteiger partial charge in [0.05, 0.1) is 5.69 Å². The van der Waals surface area contributed by atoms with Crippen LogP contribution in [0.5, 0.6) is 0 Å². The standard InChI is InChI=1S/C23H29N7S/c1-13(2)19-20(17-11-30-22(25-12-26-30)15(4)14(17)3)27-28-21(19)23-24-10-18(31-23)16-6-8-29(5)9-7-16/h10-13,16H,6-9H2,1-5H3,(H,27,28). The molecule has 0 amide bonds. The second-order valence-electron chi connectivity index (χ2n) is 8.98. The molecular weight excluding hydrogens is 406 g/mol. The predicted octanol–water partition coefficient (Wildman–Crippen LogP) is 4.79. The molecule has 4 aromatic heterocycles. The molecule has 162 valence electrons. The van der Waals surface area contributed by atoms with Crippen molar-refractivity contribution in [3.63, 3.8) is 0 Å². The van der Waals surface area contributed by atoms with E-state index in [4.69, 9.17) is 10.1 Å². The zero-order valence-corrected chi connectivity index (χ0v) is 19.6. The number of hydrogen-bond acceptors (Lipinski definition) is 6. The fourth-order valence-corrected chi connectivity index (χ4v) is 5.70. The van der Waals surface area contributed by atoms with Crippen molar-refractivity contribution in [2.75, 3.05) is 20.1 Å². The van der Waals surface area contributed by atoms with Crippen LogP contribution in [0.1, 0.15) is 60.1 Å². The van der Waals surface area contributed by atoms with Gasteiger partial charge >= 0.3 is 0 Å². The summed E-state index contributed by atoms with van der Waals surface area (Å²) in [6.07, 6.45) is 8.15. The molecule has 1 fully saturated rings. The van der Waals surface area contributed by atoms with E-state index in [-0.39, 0.29) is 0 Å². The lowest BCUT2D eigenvalue weighted by Gasteiger charge is -2.27. The Morgan fingerprint density at radius 2 is 1.90 bits per heavy atom. The van der Waals surface area contributed by atoms with Crippen molar-refractivity contribution in [1.82, 2.24) is 34.7 Å². The number of nitrogens with one attached hydrogen (secondary N) is 1. The van der Waals surface area contributed by atoms with E-state index in [2.05, 4.69) is 67.2 Å². The number of piperidine rings is 1. The average molecular weight is 436 g/mol.